The van der Waals surface area contributed by atoms with E-state index in [0.717, 1.165) is 43.2 Å². The Morgan fingerprint density at radius 3 is 2.05 bits per heavy atom. The fraction of sp³-hybridized carbons (Fsp3) is 0.194. The van der Waals surface area contributed by atoms with Gasteiger partial charge >= 0.3 is 0 Å². The van der Waals surface area contributed by atoms with Gasteiger partial charge in [-0.05, 0) is 76.7 Å². The summed E-state index contributed by atoms with van der Waals surface area (Å²) in [6, 6.07) is 35.4. The zero-order chi connectivity index (χ0) is 28.1. The molecule has 0 N–H and O–H groups in total. The Morgan fingerprint density at radius 1 is 0.800 bits per heavy atom. The highest BCUT2D eigenvalue weighted by Crippen LogP contribution is 2.61. The SMILES string of the molecule is CCC1(C)c2ccccc2N(C)C12C=C(c1ccc(Br)cc1)C=C(c1ccccc1)C2C(=O)c1ccc(Br)cc1. The predicted octanol–water partition coefficient (Wildman–Crippen LogP) is 9.75. The van der Waals surface area contributed by atoms with Crippen LogP contribution in [0.1, 0.15) is 47.3 Å². The summed E-state index contributed by atoms with van der Waals surface area (Å²) in [7, 11) is 2.17. The molecular weight excluding hydrogens is 622 g/mol. The number of hydrogen-bond donors (Lipinski definition) is 0. The van der Waals surface area contributed by atoms with Crippen LogP contribution in [0.15, 0.2) is 124 Å². The molecule has 0 amide bonds. The van der Waals surface area contributed by atoms with Gasteiger partial charge in [0.25, 0.3) is 0 Å². The maximum absolute atomic E-state index is 14.9. The van der Waals surface area contributed by atoms with E-state index in [2.05, 4.69) is 143 Å². The maximum Gasteiger partial charge on any atom is 0.173 e. The summed E-state index contributed by atoms with van der Waals surface area (Å²) in [4.78, 5) is 17.3. The molecule has 6 rings (SSSR count). The van der Waals surface area contributed by atoms with Gasteiger partial charge < -0.3 is 4.90 Å². The molecule has 0 aromatic heterocycles. The molecule has 2 nitrogen and oxygen atoms in total. The summed E-state index contributed by atoms with van der Waals surface area (Å²) in [6.07, 6.45) is 5.52. The molecule has 4 heteroatoms. The number of hydrogen-bond acceptors (Lipinski definition) is 2. The van der Waals surface area contributed by atoms with E-state index >= 15 is 0 Å². The van der Waals surface area contributed by atoms with Gasteiger partial charge in [0.15, 0.2) is 5.78 Å². The number of ketones is 1. The number of carbonyl (C=O) groups is 1. The standard InChI is InChI=1S/C36H31Br2NO/c1-4-35(2)31-12-8-9-13-32(31)39(3)36(35)23-27(24-14-18-28(37)19-15-24)22-30(25-10-6-5-7-11-25)33(36)34(40)26-16-20-29(38)21-17-26/h5-23,33H,4H2,1-3H3. The first-order valence-corrected chi connectivity index (χ1v) is 15.3. The Bertz CT molecular complexity index is 1640. The Hall–Kier alpha value is -3.21. The molecule has 200 valence electrons. The molecular formula is C36H31Br2NO. The summed E-state index contributed by atoms with van der Waals surface area (Å²) in [6.45, 7) is 4.60. The van der Waals surface area contributed by atoms with Gasteiger partial charge in [-0.2, -0.15) is 0 Å². The molecule has 40 heavy (non-hydrogen) atoms. The molecule has 3 unspecified atom stereocenters. The van der Waals surface area contributed by atoms with Crippen LogP contribution < -0.4 is 4.90 Å². The molecule has 0 radical (unpaired) electrons. The average molecular weight is 653 g/mol. The molecule has 0 saturated carbocycles. The Kier molecular flexibility index (Phi) is 6.96. The number of para-hydroxylation sites is 1. The number of likely N-dealkylation sites (N-methyl/N-ethyl adjacent to an activating group) is 1. The monoisotopic (exact) mass is 651 g/mol. The second-order valence-corrected chi connectivity index (χ2v) is 12.8. The second kappa shape index (κ2) is 10.3. The van der Waals surface area contributed by atoms with Gasteiger partial charge in [0.05, 0.1) is 11.5 Å². The predicted molar refractivity (Wildman–Crippen MR) is 174 cm³/mol. The molecule has 0 bridgehead atoms. The van der Waals surface area contributed by atoms with Crippen molar-refractivity contribution >= 4 is 54.5 Å². The van der Waals surface area contributed by atoms with Crippen LogP contribution in [0.5, 0.6) is 0 Å². The number of carbonyl (C=O) groups excluding carboxylic acids is 1. The van der Waals surface area contributed by atoms with Crippen LogP contribution in [0.4, 0.5) is 5.69 Å². The van der Waals surface area contributed by atoms with Gasteiger partial charge in [-0.25, -0.2) is 0 Å². The molecule has 1 aliphatic heterocycles. The van der Waals surface area contributed by atoms with Crippen LogP contribution in [0.2, 0.25) is 0 Å². The second-order valence-electron chi connectivity index (χ2n) is 11.0. The minimum Gasteiger partial charge on any atom is -0.363 e. The van der Waals surface area contributed by atoms with Crippen LogP contribution in [-0.2, 0) is 5.41 Å². The Labute approximate surface area is 253 Å². The van der Waals surface area contributed by atoms with Crippen molar-refractivity contribution in [3.05, 3.63) is 146 Å². The topological polar surface area (TPSA) is 20.3 Å². The number of allylic oxidation sites excluding steroid dienone is 2. The quantitative estimate of drug-likeness (QED) is 0.200. The van der Waals surface area contributed by atoms with E-state index in [0.29, 0.717) is 0 Å². The van der Waals surface area contributed by atoms with Crippen LogP contribution in [0, 0.1) is 5.92 Å². The van der Waals surface area contributed by atoms with E-state index < -0.39 is 11.5 Å². The molecule has 1 heterocycles. The third-order valence-corrected chi connectivity index (χ3v) is 10.2. The number of fused-ring (bicyclic) bond motifs is 1. The molecule has 3 atom stereocenters. The van der Waals surface area contributed by atoms with Crippen molar-refractivity contribution < 1.29 is 4.79 Å². The van der Waals surface area contributed by atoms with E-state index in [4.69, 9.17) is 0 Å². The van der Waals surface area contributed by atoms with Gasteiger partial charge in [-0.1, -0.05) is 119 Å². The molecule has 4 aromatic carbocycles. The lowest BCUT2D eigenvalue weighted by Gasteiger charge is -2.53. The number of halogens is 2. The Balaban J connectivity index is 1.69. The molecule has 0 fully saturated rings. The van der Waals surface area contributed by atoms with E-state index in [1.165, 1.54) is 11.3 Å². The summed E-state index contributed by atoms with van der Waals surface area (Å²) in [5.41, 5.74) is 6.60. The number of benzene rings is 4. The van der Waals surface area contributed by atoms with Crippen molar-refractivity contribution in [3.8, 4) is 0 Å². The lowest BCUT2D eigenvalue weighted by molar-refractivity contribution is 0.0877. The summed E-state index contributed by atoms with van der Waals surface area (Å²) >= 11 is 7.16. The van der Waals surface area contributed by atoms with Crippen LogP contribution in [-0.4, -0.2) is 18.4 Å². The molecule has 1 spiro atoms. The van der Waals surface area contributed by atoms with E-state index in [9.17, 15) is 4.79 Å². The minimum absolute atomic E-state index is 0.132. The summed E-state index contributed by atoms with van der Waals surface area (Å²) < 4.78 is 2.00. The highest BCUT2D eigenvalue weighted by molar-refractivity contribution is 9.10. The van der Waals surface area contributed by atoms with Gasteiger partial charge in [-0.3, -0.25) is 4.79 Å². The molecule has 1 aliphatic carbocycles. The van der Waals surface area contributed by atoms with Crippen LogP contribution >= 0.6 is 31.9 Å². The van der Waals surface area contributed by atoms with E-state index in [-0.39, 0.29) is 11.2 Å². The lowest BCUT2D eigenvalue weighted by atomic mass is 9.55. The number of anilines is 1. The number of nitrogens with zero attached hydrogens (tertiary/aromatic N) is 1. The average Bonchev–Trinajstić information content (AvgIpc) is 3.17. The maximum atomic E-state index is 14.9. The van der Waals surface area contributed by atoms with E-state index in [1.807, 2.05) is 30.3 Å². The third-order valence-electron chi connectivity index (χ3n) is 9.12. The summed E-state index contributed by atoms with van der Waals surface area (Å²) in [5, 5.41) is 0. The van der Waals surface area contributed by atoms with E-state index in [1.54, 1.807) is 0 Å². The number of rotatable bonds is 5. The van der Waals surface area contributed by atoms with Gasteiger partial charge in [0.2, 0.25) is 0 Å². The largest absolute Gasteiger partial charge is 0.363 e. The van der Waals surface area contributed by atoms with Crippen molar-refractivity contribution in [1.82, 2.24) is 0 Å². The molecule has 2 aliphatic rings. The van der Waals surface area contributed by atoms with Crippen molar-refractivity contribution in [2.75, 3.05) is 11.9 Å². The van der Waals surface area contributed by atoms with Crippen molar-refractivity contribution in [1.29, 1.82) is 0 Å². The summed E-state index contributed by atoms with van der Waals surface area (Å²) in [5.74, 6) is -0.300. The lowest BCUT2D eigenvalue weighted by Crippen LogP contribution is -2.62. The van der Waals surface area contributed by atoms with Gasteiger partial charge in [-0.15, -0.1) is 0 Å². The van der Waals surface area contributed by atoms with Crippen LogP contribution in [0.3, 0.4) is 0 Å². The zero-order valence-electron chi connectivity index (χ0n) is 22.9. The highest BCUT2D eigenvalue weighted by atomic mass is 79.9. The molecule has 4 aromatic rings. The third kappa shape index (κ3) is 4.07. The van der Waals surface area contributed by atoms with Crippen molar-refractivity contribution in [2.24, 2.45) is 5.92 Å². The Morgan fingerprint density at radius 2 is 1.40 bits per heavy atom. The fourth-order valence-corrected chi connectivity index (χ4v) is 7.45. The van der Waals surface area contributed by atoms with Gasteiger partial charge in [0.1, 0.15) is 0 Å². The smallest absolute Gasteiger partial charge is 0.173 e. The highest BCUT2D eigenvalue weighted by Gasteiger charge is 2.63. The fourth-order valence-electron chi connectivity index (χ4n) is 6.92. The first kappa shape index (κ1) is 27.0. The first-order chi connectivity index (χ1) is 19.3. The zero-order valence-corrected chi connectivity index (χ0v) is 26.0. The van der Waals surface area contributed by atoms with Crippen LogP contribution in [0.25, 0.3) is 11.1 Å². The normalized spacial score (nSPS) is 23.5. The first-order valence-electron chi connectivity index (χ1n) is 13.7. The molecule has 0 saturated heterocycles. The minimum atomic E-state index is -0.641. The van der Waals surface area contributed by atoms with Crippen molar-refractivity contribution in [3.63, 3.8) is 0 Å². The van der Waals surface area contributed by atoms with Crippen molar-refractivity contribution in [2.45, 2.75) is 31.2 Å². The number of Topliss-reactive ketones (excluding diaryl/α,β-unsaturated/α-hetero) is 1. The van der Waals surface area contributed by atoms with Gasteiger partial charge in [0, 0.05) is 32.7 Å².